The quantitative estimate of drug-likeness (QED) is 0.683. The summed E-state index contributed by atoms with van der Waals surface area (Å²) in [6, 6.07) is 0.0391. The van der Waals surface area contributed by atoms with Gasteiger partial charge < -0.3 is 9.64 Å². The van der Waals surface area contributed by atoms with E-state index >= 15 is 0 Å². The van der Waals surface area contributed by atoms with Gasteiger partial charge in [0.25, 0.3) is 0 Å². The highest BCUT2D eigenvalue weighted by Crippen LogP contribution is 2.27. The standard InChI is InChI=1S/C15H32N2O4S/c1-9-13(11-17(12(2)3)14(18)21-7)10-15(4,5)16(6)22(8,19)20/h12-13H,9-11H2,1-8H3. The number of nitrogens with zero attached hydrogens (tertiary/aromatic N) is 2. The first kappa shape index (κ1) is 21.2. The summed E-state index contributed by atoms with van der Waals surface area (Å²) in [7, 11) is -0.277. The Morgan fingerprint density at radius 2 is 1.77 bits per heavy atom. The highest BCUT2D eigenvalue weighted by atomic mass is 32.2. The number of carbonyl (C=O) groups is 1. The number of methoxy groups -OCH3 is 1. The molecule has 0 aromatic carbocycles. The fraction of sp³-hybridized carbons (Fsp3) is 0.933. The number of hydrogen-bond donors (Lipinski definition) is 0. The van der Waals surface area contributed by atoms with Crippen molar-refractivity contribution in [2.45, 2.75) is 59.0 Å². The van der Waals surface area contributed by atoms with Crippen LogP contribution in [-0.4, -0.2) is 62.3 Å². The van der Waals surface area contributed by atoms with E-state index in [0.717, 1.165) is 6.42 Å². The molecule has 0 saturated carbocycles. The van der Waals surface area contributed by atoms with Gasteiger partial charge in [-0.3, -0.25) is 0 Å². The average Bonchev–Trinajstić information content (AvgIpc) is 2.39. The normalized spacial score (nSPS) is 14.3. The molecule has 0 aliphatic carbocycles. The van der Waals surface area contributed by atoms with Gasteiger partial charge >= 0.3 is 6.09 Å². The molecule has 0 aliphatic heterocycles. The Bertz CT molecular complexity index is 460. The van der Waals surface area contributed by atoms with Crippen molar-refractivity contribution in [3.05, 3.63) is 0 Å². The summed E-state index contributed by atoms with van der Waals surface area (Å²) in [5.41, 5.74) is -0.507. The van der Waals surface area contributed by atoms with Crippen molar-refractivity contribution in [2.75, 3.05) is 27.0 Å². The van der Waals surface area contributed by atoms with Gasteiger partial charge in [-0.25, -0.2) is 13.2 Å². The molecular weight excluding hydrogens is 304 g/mol. The average molecular weight is 336 g/mol. The molecule has 0 heterocycles. The zero-order chi connectivity index (χ0) is 17.7. The van der Waals surface area contributed by atoms with E-state index in [9.17, 15) is 13.2 Å². The molecule has 0 spiro atoms. The number of carbonyl (C=O) groups excluding carboxylic acids is 1. The van der Waals surface area contributed by atoms with E-state index in [1.165, 1.54) is 17.7 Å². The number of ether oxygens (including phenoxy) is 1. The molecule has 6 nitrogen and oxygen atoms in total. The minimum absolute atomic E-state index is 0.0391. The number of amides is 1. The molecule has 7 heteroatoms. The number of sulfonamides is 1. The first-order valence-electron chi connectivity index (χ1n) is 7.65. The van der Waals surface area contributed by atoms with Crippen molar-refractivity contribution in [1.29, 1.82) is 0 Å². The van der Waals surface area contributed by atoms with Gasteiger partial charge in [0.1, 0.15) is 0 Å². The Morgan fingerprint density at radius 1 is 1.27 bits per heavy atom. The highest BCUT2D eigenvalue weighted by molar-refractivity contribution is 7.88. The zero-order valence-electron chi connectivity index (χ0n) is 15.2. The lowest BCUT2D eigenvalue weighted by Crippen LogP contribution is -2.48. The van der Waals surface area contributed by atoms with Gasteiger partial charge in [-0.2, -0.15) is 4.31 Å². The van der Waals surface area contributed by atoms with Crippen LogP contribution in [0.3, 0.4) is 0 Å². The van der Waals surface area contributed by atoms with E-state index in [-0.39, 0.29) is 18.1 Å². The minimum Gasteiger partial charge on any atom is -0.453 e. The molecule has 22 heavy (non-hydrogen) atoms. The van der Waals surface area contributed by atoms with Crippen LogP contribution >= 0.6 is 0 Å². The van der Waals surface area contributed by atoms with Crippen LogP contribution < -0.4 is 0 Å². The van der Waals surface area contributed by atoms with Crippen LogP contribution in [0.5, 0.6) is 0 Å². The summed E-state index contributed by atoms with van der Waals surface area (Å²) in [6.45, 7) is 10.3. The summed E-state index contributed by atoms with van der Waals surface area (Å²) < 4.78 is 29.8. The summed E-state index contributed by atoms with van der Waals surface area (Å²) in [5, 5.41) is 0. The maximum atomic E-state index is 11.9. The van der Waals surface area contributed by atoms with Crippen LogP contribution in [0.25, 0.3) is 0 Å². The van der Waals surface area contributed by atoms with E-state index in [4.69, 9.17) is 4.74 Å². The van der Waals surface area contributed by atoms with Crippen LogP contribution in [0.1, 0.15) is 47.5 Å². The van der Waals surface area contributed by atoms with Gasteiger partial charge in [0.2, 0.25) is 10.0 Å². The molecule has 0 fully saturated rings. The number of rotatable bonds is 8. The second-order valence-corrected chi connectivity index (χ2v) is 8.75. The van der Waals surface area contributed by atoms with Crippen LogP contribution in [0.15, 0.2) is 0 Å². The molecule has 0 aromatic rings. The van der Waals surface area contributed by atoms with Crippen molar-refractivity contribution < 1.29 is 17.9 Å². The molecule has 1 unspecified atom stereocenters. The van der Waals surface area contributed by atoms with Crippen molar-refractivity contribution in [2.24, 2.45) is 5.92 Å². The molecule has 0 aromatic heterocycles. The van der Waals surface area contributed by atoms with Crippen LogP contribution in [0.2, 0.25) is 0 Å². The van der Waals surface area contributed by atoms with E-state index in [1.54, 1.807) is 11.9 Å². The molecule has 1 atom stereocenters. The zero-order valence-corrected chi connectivity index (χ0v) is 16.0. The molecular formula is C15H32N2O4S. The van der Waals surface area contributed by atoms with E-state index in [0.29, 0.717) is 13.0 Å². The van der Waals surface area contributed by atoms with Gasteiger partial charge in [0.15, 0.2) is 0 Å². The topological polar surface area (TPSA) is 66.9 Å². The van der Waals surface area contributed by atoms with Crippen LogP contribution in [0, 0.1) is 5.92 Å². The maximum absolute atomic E-state index is 11.9. The largest absolute Gasteiger partial charge is 0.453 e. The van der Waals surface area contributed by atoms with Crippen LogP contribution in [0.4, 0.5) is 4.79 Å². The van der Waals surface area contributed by atoms with E-state index in [1.807, 2.05) is 27.7 Å². The van der Waals surface area contributed by atoms with Gasteiger partial charge in [-0.05, 0) is 40.0 Å². The second-order valence-electron chi connectivity index (χ2n) is 6.74. The molecule has 0 bridgehead atoms. The van der Waals surface area contributed by atoms with Crippen molar-refractivity contribution >= 4 is 16.1 Å². The van der Waals surface area contributed by atoms with Crippen molar-refractivity contribution in [1.82, 2.24) is 9.21 Å². The van der Waals surface area contributed by atoms with Crippen molar-refractivity contribution in [3.8, 4) is 0 Å². The highest BCUT2D eigenvalue weighted by Gasteiger charge is 2.33. The van der Waals surface area contributed by atoms with Crippen molar-refractivity contribution in [3.63, 3.8) is 0 Å². The molecule has 0 radical (unpaired) electrons. The minimum atomic E-state index is -3.25. The molecule has 0 aliphatic rings. The maximum Gasteiger partial charge on any atom is 0.409 e. The van der Waals surface area contributed by atoms with E-state index in [2.05, 4.69) is 6.92 Å². The predicted octanol–water partition coefficient (Wildman–Crippen LogP) is 2.55. The monoisotopic (exact) mass is 336 g/mol. The lowest BCUT2D eigenvalue weighted by molar-refractivity contribution is 0.0940. The Labute approximate surface area is 135 Å². The lowest BCUT2D eigenvalue weighted by Gasteiger charge is -2.38. The predicted molar refractivity (Wildman–Crippen MR) is 89.3 cm³/mol. The molecule has 0 N–H and O–H groups in total. The summed E-state index contributed by atoms with van der Waals surface area (Å²) in [5.74, 6) is 0.195. The molecule has 1 amide bonds. The molecule has 132 valence electrons. The second kappa shape index (κ2) is 8.15. The lowest BCUT2D eigenvalue weighted by atomic mass is 9.88. The first-order chi connectivity index (χ1) is 9.86. The van der Waals surface area contributed by atoms with Gasteiger partial charge in [0, 0.05) is 25.2 Å². The smallest absolute Gasteiger partial charge is 0.409 e. The van der Waals surface area contributed by atoms with Gasteiger partial charge in [0.05, 0.1) is 13.4 Å². The first-order valence-corrected chi connectivity index (χ1v) is 9.50. The Hall–Kier alpha value is -0.820. The Morgan fingerprint density at radius 3 is 2.09 bits per heavy atom. The summed E-state index contributed by atoms with van der Waals surface area (Å²) >= 11 is 0. The SMILES string of the molecule is CCC(CN(C(=O)OC)C(C)C)CC(C)(C)N(C)S(C)(=O)=O. The Kier molecular flexibility index (Phi) is 7.85. The fourth-order valence-corrected chi connectivity index (χ4v) is 3.49. The Balaban J connectivity index is 5.09. The third-order valence-electron chi connectivity index (χ3n) is 4.20. The third-order valence-corrected chi connectivity index (χ3v) is 5.69. The molecule has 0 saturated heterocycles. The number of hydrogen-bond acceptors (Lipinski definition) is 4. The van der Waals surface area contributed by atoms with Gasteiger partial charge in [-0.1, -0.05) is 13.3 Å². The molecule has 0 rings (SSSR count). The summed E-state index contributed by atoms with van der Waals surface area (Å²) in [6.07, 6.45) is 2.40. The van der Waals surface area contributed by atoms with E-state index < -0.39 is 15.6 Å². The van der Waals surface area contributed by atoms with Crippen LogP contribution in [-0.2, 0) is 14.8 Å². The fourth-order valence-electron chi connectivity index (χ4n) is 2.51. The summed E-state index contributed by atoms with van der Waals surface area (Å²) in [4.78, 5) is 13.5. The third kappa shape index (κ3) is 6.12. The van der Waals surface area contributed by atoms with Gasteiger partial charge in [-0.15, -0.1) is 0 Å².